The standard InChI is InChI=1S/C14H23NO2/c1-6-15-8-13(16)12-7-9(2)14(17-5)11(4)10(12)3/h7,13,15-16H,6,8H2,1-5H3. The minimum atomic E-state index is -0.460. The highest BCUT2D eigenvalue weighted by molar-refractivity contribution is 5.49. The molecule has 1 unspecified atom stereocenters. The van der Waals surface area contributed by atoms with Crippen molar-refractivity contribution in [3.05, 3.63) is 28.3 Å². The predicted molar refractivity (Wildman–Crippen MR) is 70.7 cm³/mol. The molecule has 0 saturated heterocycles. The molecule has 0 fully saturated rings. The van der Waals surface area contributed by atoms with Crippen LogP contribution in [0.25, 0.3) is 0 Å². The molecule has 1 atom stereocenters. The molecule has 2 N–H and O–H groups in total. The van der Waals surface area contributed by atoms with E-state index in [1.165, 1.54) is 0 Å². The van der Waals surface area contributed by atoms with Crippen LogP contribution in [-0.2, 0) is 0 Å². The van der Waals surface area contributed by atoms with E-state index in [2.05, 4.69) is 5.32 Å². The smallest absolute Gasteiger partial charge is 0.124 e. The van der Waals surface area contributed by atoms with Gasteiger partial charge in [0, 0.05) is 6.54 Å². The van der Waals surface area contributed by atoms with Gasteiger partial charge in [0.15, 0.2) is 0 Å². The summed E-state index contributed by atoms with van der Waals surface area (Å²) in [6.07, 6.45) is -0.460. The zero-order valence-electron chi connectivity index (χ0n) is 11.4. The van der Waals surface area contributed by atoms with Gasteiger partial charge in [0.05, 0.1) is 13.2 Å². The molecule has 17 heavy (non-hydrogen) atoms. The zero-order chi connectivity index (χ0) is 13.0. The fraction of sp³-hybridized carbons (Fsp3) is 0.571. The molecule has 0 bridgehead atoms. The van der Waals surface area contributed by atoms with Gasteiger partial charge in [-0.1, -0.05) is 6.92 Å². The van der Waals surface area contributed by atoms with Gasteiger partial charge in [-0.25, -0.2) is 0 Å². The molecule has 96 valence electrons. The Balaban J connectivity index is 3.09. The Morgan fingerprint density at radius 3 is 2.47 bits per heavy atom. The molecule has 1 aromatic carbocycles. The van der Waals surface area contributed by atoms with E-state index in [4.69, 9.17) is 4.74 Å². The number of likely N-dealkylation sites (N-methyl/N-ethyl adjacent to an activating group) is 1. The molecule has 0 saturated carbocycles. The van der Waals surface area contributed by atoms with Crippen molar-refractivity contribution in [1.82, 2.24) is 5.32 Å². The maximum absolute atomic E-state index is 10.1. The van der Waals surface area contributed by atoms with E-state index in [0.29, 0.717) is 6.54 Å². The molecule has 1 aromatic rings. The first-order valence-electron chi connectivity index (χ1n) is 6.06. The second-order valence-electron chi connectivity index (χ2n) is 4.39. The third-order valence-electron chi connectivity index (χ3n) is 3.22. The molecule has 0 spiro atoms. The highest BCUT2D eigenvalue weighted by Crippen LogP contribution is 2.31. The molecule has 1 rings (SSSR count). The third kappa shape index (κ3) is 2.99. The predicted octanol–water partition coefficient (Wildman–Crippen LogP) is 2.26. The summed E-state index contributed by atoms with van der Waals surface area (Å²) in [6.45, 7) is 9.55. The van der Waals surface area contributed by atoms with Crippen LogP contribution < -0.4 is 10.1 Å². The minimum Gasteiger partial charge on any atom is -0.496 e. The van der Waals surface area contributed by atoms with Crippen molar-refractivity contribution in [3.63, 3.8) is 0 Å². The van der Waals surface area contributed by atoms with Crippen LogP contribution in [0.5, 0.6) is 5.75 Å². The van der Waals surface area contributed by atoms with Crippen molar-refractivity contribution in [2.45, 2.75) is 33.8 Å². The Labute approximate surface area is 104 Å². The van der Waals surface area contributed by atoms with Crippen molar-refractivity contribution in [2.75, 3.05) is 20.2 Å². The van der Waals surface area contributed by atoms with Gasteiger partial charge in [-0.2, -0.15) is 0 Å². The number of aliphatic hydroxyl groups is 1. The maximum Gasteiger partial charge on any atom is 0.124 e. The van der Waals surface area contributed by atoms with Crippen LogP contribution in [0.3, 0.4) is 0 Å². The first-order valence-corrected chi connectivity index (χ1v) is 6.06. The van der Waals surface area contributed by atoms with Gasteiger partial charge < -0.3 is 15.2 Å². The summed E-state index contributed by atoms with van der Waals surface area (Å²) < 4.78 is 5.38. The quantitative estimate of drug-likeness (QED) is 0.825. The summed E-state index contributed by atoms with van der Waals surface area (Å²) in [4.78, 5) is 0. The third-order valence-corrected chi connectivity index (χ3v) is 3.22. The molecule has 0 aliphatic heterocycles. The second kappa shape index (κ2) is 6.03. The molecular weight excluding hydrogens is 214 g/mol. The number of benzene rings is 1. The highest BCUT2D eigenvalue weighted by Gasteiger charge is 2.15. The lowest BCUT2D eigenvalue weighted by Crippen LogP contribution is -2.21. The number of ether oxygens (including phenoxy) is 1. The fourth-order valence-corrected chi connectivity index (χ4v) is 2.14. The van der Waals surface area contributed by atoms with Crippen molar-refractivity contribution < 1.29 is 9.84 Å². The van der Waals surface area contributed by atoms with Crippen LogP contribution in [-0.4, -0.2) is 25.3 Å². The van der Waals surface area contributed by atoms with E-state index in [0.717, 1.165) is 34.5 Å². The fourth-order valence-electron chi connectivity index (χ4n) is 2.14. The average Bonchev–Trinajstić information content (AvgIpc) is 2.31. The monoisotopic (exact) mass is 237 g/mol. The van der Waals surface area contributed by atoms with Crippen LogP contribution in [0.2, 0.25) is 0 Å². The van der Waals surface area contributed by atoms with Crippen LogP contribution in [0.15, 0.2) is 6.07 Å². The topological polar surface area (TPSA) is 41.5 Å². The first-order chi connectivity index (χ1) is 8.02. The number of hydrogen-bond donors (Lipinski definition) is 2. The Morgan fingerprint density at radius 2 is 1.94 bits per heavy atom. The number of nitrogens with one attached hydrogen (secondary N) is 1. The second-order valence-corrected chi connectivity index (χ2v) is 4.39. The minimum absolute atomic E-state index is 0.460. The van der Waals surface area contributed by atoms with Crippen LogP contribution in [0.4, 0.5) is 0 Å². The van der Waals surface area contributed by atoms with E-state index in [9.17, 15) is 5.11 Å². The molecule has 3 heteroatoms. The highest BCUT2D eigenvalue weighted by atomic mass is 16.5. The van der Waals surface area contributed by atoms with Gasteiger partial charge in [-0.15, -0.1) is 0 Å². The summed E-state index contributed by atoms with van der Waals surface area (Å²) in [6, 6.07) is 2.02. The summed E-state index contributed by atoms with van der Waals surface area (Å²) in [7, 11) is 1.68. The van der Waals surface area contributed by atoms with Gasteiger partial charge in [0.1, 0.15) is 5.75 Å². The largest absolute Gasteiger partial charge is 0.496 e. The number of aliphatic hydroxyl groups excluding tert-OH is 1. The van der Waals surface area contributed by atoms with Crippen LogP contribution in [0.1, 0.15) is 35.3 Å². The van der Waals surface area contributed by atoms with Gasteiger partial charge in [0.25, 0.3) is 0 Å². The van der Waals surface area contributed by atoms with Crippen LogP contribution in [0, 0.1) is 20.8 Å². The summed E-state index contributed by atoms with van der Waals surface area (Å²) in [5.74, 6) is 0.918. The Bertz CT molecular complexity index is 388. The maximum atomic E-state index is 10.1. The molecule has 0 radical (unpaired) electrons. The van der Waals surface area contributed by atoms with Crippen molar-refractivity contribution >= 4 is 0 Å². The van der Waals surface area contributed by atoms with E-state index >= 15 is 0 Å². The average molecular weight is 237 g/mol. The van der Waals surface area contributed by atoms with E-state index in [1.807, 2.05) is 33.8 Å². The van der Waals surface area contributed by atoms with Gasteiger partial charge in [-0.05, 0) is 55.6 Å². The summed E-state index contributed by atoms with van der Waals surface area (Å²) >= 11 is 0. The number of hydrogen-bond acceptors (Lipinski definition) is 3. The molecule has 0 heterocycles. The van der Waals surface area contributed by atoms with Crippen molar-refractivity contribution in [2.24, 2.45) is 0 Å². The molecule has 0 aliphatic rings. The van der Waals surface area contributed by atoms with Crippen molar-refractivity contribution in [1.29, 1.82) is 0 Å². The Kier molecular flexibility index (Phi) is 4.97. The van der Waals surface area contributed by atoms with Gasteiger partial charge >= 0.3 is 0 Å². The normalized spacial score (nSPS) is 12.6. The molecule has 3 nitrogen and oxygen atoms in total. The molecule has 0 aliphatic carbocycles. The Hall–Kier alpha value is -1.06. The molecule has 0 aromatic heterocycles. The lowest BCUT2D eigenvalue weighted by Gasteiger charge is -2.19. The van der Waals surface area contributed by atoms with E-state index in [-0.39, 0.29) is 0 Å². The number of aryl methyl sites for hydroxylation is 1. The summed E-state index contributed by atoms with van der Waals surface area (Å²) in [5, 5.41) is 13.3. The van der Waals surface area contributed by atoms with E-state index < -0.39 is 6.10 Å². The van der Waals surface area contributed by atoms with Crippen molar-refractivity contribution in [3.8, 4) is 5.75 Å². The first kappa shape index (κ1) is 14.0. The van der Waals surface area contributed by atoms with E-state index in [1.54, 1.807) is 7.11 Å². The van der Waals surface area contributed by atoms with Gasteiger partial charge in [0.2, 0.25) is 0 Å². The molecule has 0 amide bonds. The lowest BCUT2D eigenvalue weighted by atomic mass is 9.95. The number of rotatable bonds is 5. The Morgan fingerprint density at radius 1 is 1.29 bits per heavy atom. The zero-order valence-corrected chi connectivity index (χ0v) is 11.4. The number of methoxy groups -OCH3 is 1. The lowest BCUT2D eigenvalue weighted by molar-refractivity contribution is 0.174. The SMILES string of the molecule is CCNCC(O)c1cc(C)c(OC)c(C)c1C. The summed E-state index contributed by atoms with van der Waals surface area (Å²) in [5.41, 5.74) is 4.28. The molecular formula is C14H23NO2. The van der Waals surface area contributed by atoms with Gasteiger partial charge in [-0.3, -0.25) is 0 Å². The van der Waals surface area contributed by atoms with Crippen LogP contribution >= 0.6 is 0 Å².